The first-order valence-corrected chi connectivity index (χ1v) is 11.0. The van der Waals surface area contributed by atoms with Gasteiger partial charge in [0.25, 0.3) is 5.69 Å². The van der Waals surface area contributed by atoms with Crippen LogP contribution in [-0.2, 0) is 20.5 Å². The van der Waals surface area contributed by atoms with Gasteiger partial charge in [-0.2, -0.15) is 13.2 Å². The van der Waals surface area contributed by atoms with Crippen molar-refractivity contribution in [3.63, 3.8) is 0 Å². The number of piperazine rings is 1. The highest BCUT2D eigenvalue weighted by Gasteiger charge is 2.38. The van der Waals surface area contributed by atoms with Crippen molar-refractivity contribution in [2.45, 2.75) is 6.18 Å². The smallest absolute Gasteiger partial charge is 0.423 e. The van der Waals surface area contributed by atoms with Gasteiger partial charge < -0.3 is 10.1 Å². The minimum Gasteiger partial charge on any atom is -0.466 e. The molecule has 192 valence electrons. The lowest BCUT2D eigenvalue weighted by atomic mass is 10.1. The van der Waals surface area contributed by atoms with Gasteiger partial charge >= 0.3 is 12.1 Å². The molecule has 36 heavy (non-hydrogen) atoms. The molecular weight excluding hydrogens is 481 g/mol. The maximum atomic E-state index is 13.2. The Morgan fingerprint density at radius 1 is 1.06 bits per heavy atom. The fourth-order valence-electron chi connectivity index (χ4n) is 3.80. The number of esters is 1. The van der Waals surface area contributed by atoms with Crippen LogP contribution in [-0.4, -0.2) is 73.0 Å². The molecule has 0 aromatic heterocycles. The topological polar surface area (TPSA) is 105 Å². The number of nitrogens with one attached hydrogen (secondary N) is 1. The molecule has 0 aliphatic carbocycles. The van der Waals surface area contributed by atoms with Crippen molar-refractivity contribution in [3.05, 3.63) is 75.3 Å². The first kappa shape index (κ1) is 26.8. The summed E-state index contributed by atoms with van der Waals surface area (Å²) in [6.07, 6.45) is -3.16. The van der Waals surface area contributed by atoms with Gasteiger partial charge in [0.1, 0.15) is 5.56 Å². The van der Waals surface area contributed by atoms with Crippen LogP contribution in [0.4, 0.5) is 24.5 Å². The molecule has 0 atom stereocenters. The average molecular weight is 506 g/mol. The maximum absolute atomic E-state index is 13.2. The van der Waals surface area contributed by atoms with Crippen molar-refractivity contribution in [1.29, 1.82) is 0 Å². The zero-order valence-corrected chi connectivity index (χ0v) is 19.5. The third kappa shape index (κ3) is 7.36. The Hall–Kier alpha value is -3.77. The highest BCUT2D eigenvalue weighted by Crippen LogP contribution is 2.37. The highest BCUT2D eigenvalue weighted by atomic mass is 19.4. The van der Waals surface area contributed by atoms with E-state index in [9.17, 15) is 32.9 Å². The second kappa shape index (κ2) is 11.8. The standard InChI is InChI=1S/C24H25F3N4O5/c1-36-23(33)18(13-17-5-3-2-4-6-17)15-29-9-11-30(12-10-29)16-22(32)28-19-7-8-21(31(34)35)20(14-19)24(25,26)27/h2-8,13-14H,9-12,15-16H2,1H3,(H,28,32)/b18-13+. The van der Waals surface area contributed by atoms with Crippen molar-refractivity contribution < 1.29 is 32.4 Å². The first-order valence-electron chi connectivity index (χ1n) is 11.0. The van der Waals surface area contributed by atoms with E-state index >= 15 is 0 Å². The van der Waals surface area contributed by atoms with E-state index in [1.54, 1.807) is 6.08 Å². The number of rotatable bonds is 8. The summed E-state index contributed by atoms with van der Waals surface area (Å²) in [5.41, 5.74) is -1.32. The minimum absolute atomic E-state index is 0.0596. The number of carbonyl (C=O) groups excluding carboxylic acids is 2. The van der Waals surface area contributed by atoms with Crippen LogP contribution < -0.4 is 5.32 Å². The molecule has 12 heteroatoms. The summed E-state index contributed by atoms with van der Waals surface area (Å²) in [6.45, 7) is 2.43. The third-order valence-corrected chi connectivity index (χ3v) is 5.60. The zero-order valence-electron chi connectivity index (χ0n) is 19.5. The first-order chi connectivity index (χ1) is 17.1. The molecular formula is C24H25F3N4O5. The predicted octanol–water partition coefficient (Wildman–Crippen LogP) is 3.43. The van der Waals surface area contributed by atoms with Gasteiger partial charge in [0, 0.05) is 44.5 Å². The highest BCUT2D eigenvalue weighted by molar-refractivity contribution is 5.94. The molecule has 0 bridgehead atoms. The number of hydrogen-bond donors (Lipinski definition) is 1. The predicted molar refractivity (Wildman–Crippen MR) is 126 cm³/mol. The SMILES string of the molecule is COC(=O)/C(=C/c1ccccc1)CN1CCN(CC(=O)Nc2ccc([N+](=O)[O-])c(C(F)(F)F)c2)CC1. The quantitative estimate of drug-likeness (QED) is 0.253. The van der Waals surface area contributed by atoms with Crippen LogP contribution in [0.2, 0.25) is 0 Å². The fourth-order valence-corrected chi connectivity index (χ4v) is 3.80. The van der Waals surface area contributed by atoms with Crippen LogP contribution in [0.15, 0.2) is 54.1 Å². The summed E-state index contributed by atoms with van der Waals surface area (Å²) < 4.78 is 44.4. The van der Waals surface area contributed by atoms with Gasteiger partial charge in [-0.05, 0) is 23.8 Å². The number of methoxy groups -OCH3 is 1. The van der Waals surface area contributed by atoms with Crippen LogP contribution in [0.5, 0.6) is 0 Å². The lowest BCUT2D eigenvalue weighted by Gasteiger charge is -2.34. The number of benzene rings is 2. The molecule has 1 fully saturated rings. The summed E-state index contributed by atoms with van der Waals surface area (Å²) in [4.78, 5) is 38.3. The number of amides is 1. The Labute approximate surface area is 205 Å². The Kier molecular flexibility index (Phi) is 8.78. The third-order valence-electron chi connectivity index (χ3n) is 5.60. The monoisotopic (exact) mass is 506 g/mol. The minimum atomic E-state index is -4.93. The van der Waals surface area contributed by atoms with Gasteiger partial charge in [0.2, 0.25) is 5.91 Å². The number of halogens is 3. The molecule has 1 aliphatic heterocycles. The van der Waals surface area contributed by atoms with E-state index in [1.165, 1.54) is 7.11 Å². The summed E-state index contributed by atoms with van der Waals surface area (Å²) in [5, 5.41) is 13.3. The normalized spacial score (nSPS) is 15.4. The van der Waals surface area contributed by atoms with E-state index in [0.29, 0.717) is 44.4 Å². The van der Waals surface area contributed by atoms with E-state index in [2.05, 4.69) is 5.32 Å². The van der Waals surface area contributed by atoms with Crippen molar-refractivity contribution >= 4 is 29.3 Å². The van der Waals surface area contributed by atoms with Crippen LogP contribution in [0, 0.1) is 10.1 Å². The van der Waals surface area contributed by atoms with Crippen molar-refractivity contribution in [2.75, 3.05) is 51.7 Å². The maximum Gasteiger partial charge on any atom is 0.423 e. The molecule has 3 rings (SSSR count). The number of alkyl halides is 3. The van der Waals surface area contributed by atoms with Crippen LogP contribution in [0.25, 0.3) is 6.08 Å². The molecule has 0 spiro atoms. The average Bonchev–Trinajstić information content (AvgIpc) is 2.84. The second-order valence-electron chi connectivity index (χ2n) is 8.16. The van der Waals surface area contributed by atoms with Gasteiger partial charge in [-0.15, -0.1) is 0 Å². The molecule has 0 radical (unpaired) electrons. The molecule has 1 amide bonds. The number of carbonyl (C=O) groups is 2. The number of nitrogens with zero attached hydrogens (tertiary/aromatic N) is 3. The molecule has 1 saturated heterocycles. The molecule has 1 aliphatic rings. The largest absolute Gasteiger partial charge is 0.466 e. The lowest BCUT2D eigenvalue weighted by Crippen LogP contribution is -2.49. The van der Waals surface area contributed by atoms with Gasteiger partial charge in [-0.25, -0.2) is 4.79 Å². The Bertz CT molecular complexity index is 1130. The number of ether oxygens (including phenoxy) is 1. The fraction of sp³-hybridized carbons (Fsp3) is 0.333. The van der Waals surface area contributed by atoms with Crippen LogP contribution >= 0.6 is 0 Å². The van der Waals surface area contributed by atoms with Crippen molar-refractivity contribution in [3.8, 4) is 0 Å². The molecule has 0 saturated carbocycles. The lowest BCUT2D eigenvalue weighted by molar-refractivity contribution is -0.388. The van der Waals surface area contributed by atoms with Crippen molar-refractivity contribution in [2.24, 2.45) is 0 Å². The summed E-state index contributed by atoms with van der Waals surface area (Å²) >= 11 is 0. The van der Waals surface area contributed by atoms with Crippen molar-refractivity contribution in [1.82, 2.24) is 9.80 Å². The molecule has 0 unspecified atom stereocenters. The Balaban J connectivity index is 1.56. The molecule has 2 aromatic carbocycles. The molecule has 9 nitrogen and oxygen atoms in total. The summed E-state index contributed by atoms with van der Waals surface area (Å²) in [5.74, 6) is -0.966. The van der Waals surface area contributed by atoms with Crippen LogP contribution in [0.1, 0.15) is 11.1 Å². The van der Waals surface area contributed by atoms with Crippen LogP contribution in [0.3, 0.4) is 0 Å². The number of nitro benzene ring substituents is 1. The summed E-state index contributed by atoms with van der Waals surface area (Å²) in [6, 6.07) is 11.7. The number of anilines is 1. The van der Waals surface area contributed by atoms with E-state index in [-0.39, 0.29) is 12.2 Å². The van der Waals surface area contributed by atoms with Gasteiger partial charge in [0.15, 0.2) is 0 Å². The molecule has 1 N–H and O–H groups in total. The number of nitro groups is 1. The van der Waals surface area contributed by atoms with Gasteiger partial charge in [-0.3, -0.25) is 24.7 Å². The zero-order chi connectivity index (χ0) is 26.3. The second-order valence-corrected chi connectivity index (χ2v) is 8.16. The molecule has 1 heterocycles. The van der Waals surface area contributed by atoms with Gasteiger partial charge in [-0.1, -0.05) is 30.3 Å². The summed E-state index contributed by atoms with van der Waals surface area (Å²) in [7, 11) is 1.32. The Morgan fingerprint density at radius 2 is 1.67 bits per heavy atom. The number of hydrogen-bond acceptors (Lipinski definition) is 7. The van der Waals surface area contributed by atoms with E-state index < -0.39 is 34.2 Å². The van der Waals surface area contributed by atoms with E-state index in [4.69, 9.17) is 4.74 Å². The van der Waals surface area contributed by atoms with E-state index in [0.717, 1.165) is 17.7 Å². The Morgan fingerprint density at radius 3 is 2.22 bits per heavy atom. The molecule has 2 aromatic rings. The van der Waals surface area contributed by atoms with E-state index in [1.807, 2.05) is 40.1 Å². The van der Waals surface area contributed by atoms with Gasteiger partial charge in [0.05, 0.1) is 24.2 Å².